The Balaban J connectivity index is 3.12. The number of nitrogens with two attached hydrogens (primary N) is 1. The first kappa shape index (κ1) is 10.7. The number of halogens is 1. The van der Waals surface area contributed by atoms with Crippen LogP contribution in [0.4, 0.5) is 0 Å². The Kier molecular flexibility index (Phi) is 3.47. The van der Waals surface area contributed by atoms with Gasteiger partial charge in [0.1, 0.15) is 0 Å². The zero-order valence-electron chi connectivity index (χ0n) is 7.63. The average molecular weight is 244 g/mol. The Morgan fingerprint density at radius 3 is 2.54 bits per heavy atom. The second kappa shape index (κ2) is 4.22. The lowest BCUT2D eigenvalue weighted by atomic mass is 9.83. The molecule has 13 heavy (non-hydrogen) atoms. The summed E-state index contributed by atoms with van der Waals surface area (Å²) in [7, 11) is 0. The topological polar surface area (TPSA) is 46.2 Å². The van der Waals surface area contributed by atoms with Crippen LogP contribution in [0, 0.1) is 0 Å². The van der Waals surface area contributed by atoms with Gasteiger partial charge in [0.05, 0.1) is 6.61 Å². The molecule has 1 aromatic rings. The largest absolute Gasteiger partial charge is 0.395 e. The van der Waals surface area contributed by atoms with Gasteiger partial charge in [0.25, 0.3) is 0 Å². The van der Waals surface area contributed by atoms with Crippen molar-refractivity contribution in [3.8, 4) is 0 Å². The lowest BCUT2D eigenvalue weighted by molar-refractivity contribution is 0.210. The second-order valence-corrected chi connectivity index (χ2v) is 4.26. The molecule has 0 aliphatic rings. The first-order chi connectivity index (χ1) is 6.14. The zero-order chi connectivity index (χ0) is 9.90. The highest BCUT2D eigenvalue weighted by molar-refractivity contribution is 9.10. The van der Waals surface area contributed by atoms with Gasteiger partial charge in [-0.25, -0.2) is 0 Å². The van der Waals surface area contributed by atoms with Crippen LogP contribution in [0.25, 0.3) is 0 Å². The molecule has 3 heteroatoms. The van der Waals surface area contributed by atoms with Crippen LogP contribution in [0.2, 0.25) is 0 Å². The lowest BCUT2D eigenvalue weighted by Gasteiger charge is -2.26. The van der Waals surface area contributed by atoms with Gasteiger partial charge in [-0.05, 0) is 11.6 Å². The fourth-order valence-corrected chi connectivity index (χ4v) is 1.97. The van der Waals surface area contributed by atoms with Crippen LogP contribution in [-0.4, -0.2) is 18.3 Å². The van der Waals surface area contributed by atoms with E-state index in [0.717, 1.165) is 10.0 Å². The molecule has 0 fully saturated rings. The fraction of sp³-hybridized carbons (Fsp3) is 0.400. The highest BCUT2D eigenvalue weighted by atomic mass is 79.9. The molecule has 1 rings (SSSR count). The Labute approximate surface area is 86.9 Å². The van der Waals surface area contributed by atoms with Crippen LogP contribution in [-0.2, 0) is 5.41 Å². The predicted molar refractivity (Wildman–Crippen MR) is 57.6 cm³/mol. The van der Waals surface area contributed by atoms with Crippen molar-refractivity contribution < 1.29 is 5.11 Å². The van der Waals surface area contributed by atoms with Crippen LogP contribution in [0.1, 0.15) is 12.5 Å². The van der Waals surface area contributed by atoms with E-state index in [2.05, 4.69) is 15.9 Å². The van der Waals surface area contributed by atoms with Crippen molar-refractivity contribution in [2.75, 3.05) is 13.2 Å². The minimum atomic E-state index is -0.347. The van der Waals surface area contributed by atoms with Crippen LogP contribution in [0.15, 0.2) is 28.7 Å². The molecule has 1 aromatic carbocycles. The molecule has 0 aliphatic carbocycles. The Bertz CT molecular complexity index is 284. The molecule has 3 N–H and O–H groups in total. The van der Waals surface area contributed by atoms with Gasteiger partial charge >= 0.3 is 0 Å². The predicted octanol–water partition coefficient (Wildman–Crippen LogP) is 1.66. The number of rotatable bonds is 3. The van der Waals surface area contributed by atoms with Crippen molar-refractivity contribution in [2.24, 2.45) is 5.73 Å². The number of hydrogen-bond donors (Lipinski definition) is 2. The summed E-state index contributed by atoms with van der Waals surface area (Å²) >= 11 is 3.45. The highest BCUT2D eigenvalue weighted by Crippen LogP contribution is 2.28. The molecule has 1 unspecified atom stereocenters. The van der Waals surface area contributed by atoms with Gasteiger partial charge in [0, 0.05) is 16.4 Å². The first-order valence-electron chi connectivity index (χ1n) is 4.20. The van der Waals surface area contributed by atoms with Gasteiger partial charge in [0.15, 0.2) is 0 Å². The molecule has 0 aromatic heterocycles. The molecule has 0 heterocycles. The zero-order valence-corrected chi connectivity index (χ0v) is 9.21. The average Bonchev–Trinajstić information content (AvgIpc) is 2.17. The van der Waals surface area contributed by atoms with Crippen LogP contribution >= 0.6 is 15.9 Å². The molecule has 72 valence electrons. The molecule has 0 radical (unpaired) electrons. The summed E-state index contributed by atoms with van der Waals surface area (Å²) in [6.07, 6.45) is 0. The number of hydrogen-bond acceptors (Lipinski definition) is 2. The van der Waals surface area contributed by atoms with E-state index in [1.54, 1.807) is 0 Å². The third kappa shape index (κ3) is 2.10. The standard InChI is InChI=1S/C10H14BrNO/c1-10(6-12,7-13)8-4-2-3-5-9(8)11/h2-5,13H,6-7,12H2,1H3. The van der Waals surface area contributed by atoms with E-state index >= 15 is 0 Å². The molecule has 0 saturated heterocycles. The quantitative estimate of drug-likeness (QED) is 0.849. The molecule has 0 aliphatic heterocycles. The van der Waals surface area contributed by atoms with Crippen molar-refractivity contribution in [1.29, 1.82) is 0 Å². The molecule has 0 spiro atoms. The van der Waals surface area contributed by atoms with Crippen molar-refractivity contribution >= 4 is 15.9 Å². The number of aliphatic hydroxyl groups is 1. The van der Waals surface area contributed by atoms with E-state index in [4.69, 9.17) is 5.73 Å². The van der Waals surface area contributed by atoms with Crippen molar-refractivity contribution in [3.63, 3.8) is 0 Å². The molecular weight excluding hydrogens is 230 g/mol. The van der Waals surface area contributed by atoms with E-state index in [-0.39, 0.29) is 12.0 Å². The Morgan fingerprint density at radius 2 is 2.08 bits per heavy atom. The third-order valence-corrected chi connectivity index (χ3v) is 3.02. The van der Waals surface area contributed by atoms with Crippen molar-refractivity contribution in [3.05, 3.63) is 34.3 Å². The van der Waals surface area contributed by atoms with Crippen LogP contribution < -0.4 is 5.73 Å². The molecule has 2 nitrogen and oxygen atoms in total. The minimum absolute atomic E-state index is 0.0616. The maximum Gasteiger partial charge on any atom is 0.0537 e. The number of benzene rings is 1. The van der Waals surface area contributed by atoms with Crippen molar-refractivity contribution in [2.45, 2.75) is 12.3 Å². The van der Waals surface area contributed by atoms with Gasteiger partial charge in [-0.3, -0.25) is 0 Å². The van der Waals surface area contributed by atoms with Gasteiger partial charge in [-0.1, -0.05) is 41.1 Å². The van der Waals surface area contributed by atoms with E-state index in [9.17, 15) is 5.11 Å². The van der Waals surface area contributed by atoms with E-state index in [1.807, 2.05) is 31.2 Å². The monoisotopic (exact) mass is 243 g/mol. The second-order valence-electron chi connectivity index (χ2n) is 3.40. The summed E-state index contributed by atoms with van der Waals surface area (Å²) in [5.74, 6) is 0. The third-order valence-electron chi connectivity index (χ3n) is 2.32. The lowest BCUT2D eigenvalue weighted by Crippen LogP contribution is -2.35. The van der Waals surface area contributed by atoms with Crippen molar-refractivity contribution in [1.82, 2.24) is 0 Å². The summed E-state index contributed by atoms with van der Waals surface area (Å²) in [4.78, 5) is 0. The van der Waals surface area contributed by atoms with Gasteiger partial charge in [0.2, 0.25) is 0 Å². The van der Waals surface area contributed by atoms with Gasteiger partial charge in [-0.2, -0.15) is 0 Å². The normalized spacial score (nSPS) is 15.4. The molecular formula is C10H14BrNO. The summed E-state index contributed by atoms with van der Waals surface area (Å²) < 4.78 is 0.997. The maximum atomic E-state index is 9.26. The maximum absolute atomic E-state index is 9.26. The highest BCUT2D eigenvalue weighted by Gasteiger charge is 2.25. The smallest absolute Gasteiger partial charge is 0.0537 e. The molecule has 0 bridgehead atoms. The summed E-state index contributed by atoms with van der Waals surface area (Å²) in [5.41, 5.74) is 6.35. The molecule has 0 saturated carbocycles. The Hall–Kier alpha value is -0.380. The SMILES string of the molecule is CC(CN)(CO)c1ccccc1Br. The minimum Gasteiger partial charge on any atom is -0.395 e. The summed E-state index contributed by atoms with van der Waals surface area (Å²) in [6, 6.07) is 7.83. The number of aliphatic hydroxyl groups excluding tert-OH is 1. The molecule has 1 atom stereocenters. The fourth-order valence-electron chi connectivity index (χ4n) is 1.21. The van der Waals surface area contributed by atoms with E-state index in [0.29, 0.717) is 6.54 Å². The van der Waals surface area contributed by atoms with Gasteiger partial charge < -0.3 is 10.8 Å². The van der Waals surface area contributed by atoms with Gasteiger partial charge in [-0.15, -0.1) is 0 Å². The summed E-state index contributed by atoms with van der Waals surface area (Å²) in [6.45, 7) is 2.45. The first-order valence-corrected chi connectivity index (χ1v) is 4.99. The van der Waals surface area contributed by atoms with E-state index in [1.165, 1.54) is 0 Å². The van der Waals surface area contributed by atoms with E-state index < -0.39 is 0 Å². The Morgan fingerprint density at radius 1 is 1.46 bits per heavy atom. The van der Waals surface area contributed by atoms with Crippen LogP contribution in [0.3, 0.4) is 0 Å². The summed E-state index contributed by atoms with van der Waals surface area (Å²) in [5, 5.41) is 9.26. The molecule has 0 amide bonds. The van der Waals surface area contributed by atoms with Crippen LogP contribution in [0.5, 0.6) is 0 Å².